The third kappa shape index (κ3) is 30.0. The molecule has 7 unspecified atom stereocenters. The molecule has 58 heavy (non-hydrogen) atoms. The van der Waals surface area contributed by atoms with E-state index in [2.05, 4.69) is 19.2 Å². The summed E-state index contributed by atoms with van der Waals surface area (Å²) in [6, 6.07) is -0.797. The summed E-state index contributed by atoms with van der Waals surface area (Å²) in [6.07, 6.45) is 40.0. The number of aliphatic hydroxyl groups is 5. The minimum atomic E-state index is -1.56. The lowest BCUT2D eigenvalue weighted by atomic mass is 9.99. The predicted octanol–water partition coefficient (Wildman–Crippen LogP) is 10.9. The fourth-order valence-electron chi connectivity index (χ4n) is 8.10. The summed E-state index contributed by atoms with van der Waals surface area (Å²) >= 11 is 0. The largest absolute Gasteiger partial charge is 0.394 e. The number of nitrogens with one attached hydrogen (secondary N) is 1. The number of allylic oxidation sites excluding steroid dienone is 1. The second-order valence-corrected chi connectivity index (χ2v) is 17.6. The van der Waals surface area contributed by atoms with E-state index in [9.17, 15) is 30.3 Å². The maximum atomic E-state index is 12.9. The maximum Gasteiger partial charge on any atom is 0.220 e. The zero-order valence-electron chi connectivity index (χ0n) is 37.8. The molecule has 0 bridgehead atoms. The van der Waals surface area contributed by atoms with Crippen molar-refractivity contribution in [2.45, 2.75) is 281 Å². The zero-order chi connectivity index (χ0) is 42.3. The molecule has 1 aliphatic rings. The van der Waals surface area contributed by atoms with Crippen molar-refractivity contribution in [3.63, 3.8) is 0 Å². The van der Waals surface area contributed by atoms with Gasteiger partial charge in [-0.3, -0.25) is 4.79 Å². The van der Waals surface area contributed by atoms with Gasteiger partial charge in [-0.2, -0.15) is 0 Å². The second-order valence-electron chi connectivity index (χ2n) is 17.6. The molecule has 1 rings (SSSR count). The Kier molecular flexibility index (Phi) is 37.9. The molecule has 0 aromatic rings. The van der Waals surface area contributed by atoms with Gasteiger partial charge in [-0.15, -0.1) is 0 Å². The minimum Gasteiger partial charge on any atom is -0.394 e. The molecule has 1 saturated heterocycles. The van der Waals surface area contributed by atoms with Crippen LogP contribution in [0.25, 0.3) is 0 Å². The van der Waals surface area contributed by atoms with Crippen molar-refractivity contribution in [1.29, 1.82) is 0 Å². The third-order valence-corrected chi connectivity index (χ3v) is 12.1. The van der Waals surface area contributed by atoms with Crippen LogP contribution in [0.3, 0.4) is 0 Å². The molecule has 9 nitrogen and oxygen atoms in total. The molecule has 0 aromatic carbocycles. The number of carbonyl (C=O) groups excluding carboxylic acids is 1. The molecule has 1 heterocycles. The highest BCUT2D eigenvalue weighted by Crippen LogP contribution is 2.23. The van der Waals surface area contributed by atoms with E-state index in [1.54, 1.807) is 6.08 Å². The maximum absolute atomic E-state index is 12.9. The summed E-state index contributed by atoms with van der Waals surface area (Å²) < 4.78 is 11.2. The molecule has 0 radical (unpaired) electrons. The van der Waals surface area contributed by atoms with Gasteiger partial charge >= 0.3 is 0 Å². The van der Waals surface area contributed by atoms with E-state index in [0.717, 1.165) is 38.5 Å². The van der Waals surface area contributed by atoms with Crippen molar-refractivity contribution in [1.82, 2.24) is 5.32 Å². The van der Waals surface area contributed by atoms with Crippen LogP contribution in [0.4, 0.5) is 0 Å². The molecule has 344 valence electrons. The Morgan fingerprint density at radius 1 is 0.569 bits per heavy atom. The highest BCUT2D eigenvalue weighted by atomic mass is 16.7. The van der Waals surface area contributed by atoms with Gasteiger partial charge in [0.05, 0.1) is 25.4 Å². The Bertz CT molecular complexity index is 919. The van der Waals surface area contributed by atoms with Crippen molar-refractivity contribution in [3.8, 4) is 0 Å². The van der Waals surface area contributed by atoms with Crippen molar-refractivity contribution < 1.29 is 39.8 Å². The number of amides is 1. The van der Waals surface area contributed by atoms with E-state index >= 15 is 0 Å². The molecule has 6 N–H and O–H groups in total. The number of unbranched alkanes of at least 4 members (excludes halogenated alkanes) is 32. The lowest BCUT2D eigenvalue weighted by molar-refractivity contribution is -0.302. The standard InChI is InChI=1S/C49H95NO8/c1-3-5-7-9-11-13-14-15-16-17-18-19-20-21-22-23-24-25-26-27-28-29-31-32-34-36-38-43(52)42(41-57-49-48(56)47(55)46(54)44(40-51)58-49)50-45(53)39-37-35-33-30-12-10-8-6-4-2/h36,38,42-44,46-49,51-52,54-56H,3-35,37,39-41H2,1-2H3,(H,50,53)/b38-36+. The molecule has 1 amide bonds. The smallest absolute Gasteiger partial charge is 0.220 e. The number of rotatable bonds is 42. The lowest BCUT2D eigenvalue weighted by Crippen LogP contribution is -2.60. The summed E-state index contributed by atoms with van der Waals surface area (Å²) in [4.78, 5) is 12.9. The van der Waals surface area contributed by atoms with Crippen molar-refractivity contribution in [2.24, 2.45) is 0 Å². The fraction of sp³-hybridized carbons (Fsp3) is 0.939. The van der Waals surface area contributed by atoms with Crippen LogP contribution in [-0.2, 0) is 14.3 Å². The van der Waals surface area contributed by atoms with Crippen LogP contribution in [0, 0.1) is 0 Å². The highest BCUT2D eigenvalue weighted by molar-refractivity contribution is 5.76. The van der Waals surface area contributed by atoms with Gasteiger partial charge in [0.25, 0.3) is 0 Å². The topological polar surface area (TPSA) is 149 Å². The Hall–Kier alpha value is -1.07. The first-order valence-electron chi connectivity index (χ1n) is 24.9. The number of aliphatic hydroxyl groups excluding tert-OH is 5. The van der Waals surface area contributed by atoms with Gasteiger partial charge in [0, 0.05) is 6.42 Å². The predicted molar refractivity (Wildman–Crippen MR) is 240 cm³/mol. The Balaban J connectivity index is 2.20. The Labute approximate surface area is 356 Å². The van der Waals surface area contributed by atoms with Crippen molar-refractivity contribution in [2.75, 3.05) is 13.2 Å². The van der Waals surface area contributed by atoms with Crippen LogP contribution < -0.4 is 5.32 Å². The average molecular weight is 826 g/mol. The first-order valence-corrected chi connectivity index (χ1v) is 24.9. The Morgan fingerprint density at radius 2 is 0.948 bits per heavy atom. The van der Waals surface area contributed by atoms with Crippen molar-refractivity contribution in [3.05, 3.63) is 12.2 Å². The van der Waals surface area contributed by atoms with Crippen LogP contribution >= 0.6 is 0 Å². The number of hydrogen-bond donors (Lipinski definition) is 6. The molecule has 0 aromatic heterocycles. The van der Waals surface area contributed by atoms with Gasteiger partial charge < -0.3 is 40.3 Å². The highest BCUT2D eigenvalue weighted by Gasteiger charge is 2.44. The monoisotopic (exact) mass is 826 g/mol. The van der Waals surface area contributed by atoms with Crippen LogP contribution in [0.2, 0.25) is 0 Å². The first kappa shape index (κ1) is 54.9. The van der Waals surface area contributed by atoms with Gasteiger partial charge in [-0.25, -0.2) is 0 Å². The lowest BCUT2D eigenvalue weighted by Gasteiger charge is -2.40. The van der Waals surface area contributed by atoms with E-state index in [1.807, 2.05) is 6.08 Å². The first-order chi connectivity index (χ1) is 28.3. The minimum absolute atomic E-state index is 0.178. The van der Waals surface area contributed by atoms with E-state index in [0.29, 0.717) is 6.42 Å². The molecule has 1 fully saturated rings. The third-order valence-electron chi connectivity index (χ3n) is 12.1. The molecule has 7 atom stereocenters. The quantitative estimate of drug-likeness (QED) is 0.0263. The summed E-state index contributed by atoms with van der Waals surface area (Å²) in [5, 5.41) is 54.1. The van der Waals surface area contributed by atoms with Gasteiger partial charge in [0.2, 0.25) is 5.91 Å². The summed E-state index contributed by atoms with van der Waals surface area (Å²) in [6.45, 7) is 3.76. The van der Waals surface area contributed by atoms with Crippen LogP contribution in [0.5, 0.6) is 0 Å². The number of ether oxygens (including phenoxy) is 2. The van der Waals surface area contributed by atoms with E-state index in [1.165, 1.54) is 180 Å². The fourth-order valence-corrected chi connectivity index (χ4v) is 8.10. The van der Waals surface area contributed by atoms with Crippen LogP contribution in [0.1, 0.15) is 239 Å². The summed E-state index contributed by atoms with van der Waals surface area (Å²) in [5.74, 6) is -0.178. The molecule has 0 aliphatic carbocycles. The zero-order valence-corrected chi connectivity index (χ0v) is 37.8. The van der Waals surface area contributed by atoms with E-state index in [4.69, 9.17) is 9.47 Å². The molecule has 1 aliphatic heterocycles. The normalized spacial score (nSPS) is 20.8. The van der Waals surface area contributed by atoms with Gasteiger partial charge in [-0.1, -0.05) is 225 Å². The van der Waals surface area contributed by atoms with Gasteiger partial charge in [-0.05, 0) is 19.3 Å². The molecule has 0 spiro atoms. The average Bonchev–Trinajstić information content (AvgIpc) is 3.22. The van der Waals surface area contributed by atoms with Gasteiger partial charge in [0.1, 0.15) is 24.4 Å². The summed E-state index contributed by atoms with van der Waals surface area (Å²) in [7, 11) is 0. The van der Waals surface area contributed by atoms with E-state index < -0.39 is 49.5 Å². The SMILES string of the molecule is CCCCCCCCCCCCCCCCCCCCCCCCCC/C=C/C(O)C(COC1OC(CO)C(O)C(O)C1O)NC(=O)CCCCCCCCCCC. The van der Waals surface area contributed by atoms with Crippen molar-refractivity contribution >= 4 is 5.91 Å². The molecule has 0 saturated carbocycles. The number of hydrogen-bond acceptors (Lipinski definition) is 8. The van der Waals surface area contributed by atoms with E-state index in [-0.39, 0.29) is 12.5 Å². The molecular formula is C49H95NO8. The second kappa shape index (κ2) is 40.0. The van der Waals surface area contributed by atoms with Crippen LogP contribution in [0.15, 0.2) is 12.2 Å². The Morgan fingerprint density at radius 3 is 1.34 bits per heavy atom. The molecule has 9 heteroatoms. The van der Waals surface area contributed by atoms with Gasteiger partial charge in [0.15, 0.2) is 6.29 Å². The molecular weight excluding hydrogens is 731 g/mol. The van der Waals surface area contributed by atoms with Crippen LogP contribution in [-0.4, -0.2) is 87.5 Å². The number of carbonyl (C=O) groups is 1. The summed E-state index contributed by atoms with van der Waals surface area (Å²) in [5.41, 5.74) is 0.